The molecule has 1 saturated carbocycles. The van der Waals surface area contributed by atoms with Gasteiger partial charge in [-0.25, -0.2) is 9.37 Å². The van der Waals surface area contributed by atoms with Crippen LogP contribution in [0.3, 0.4) is 0 Å². The molecule has 5 rings (SSSR count). The van der Waals surface area contributed by atoms with Gasteiger partial charge in [0.05, 0.1) is 12.2 Å². The van der Waals surface area contributed by atoms with Gasteiger partial charge in [-0.3, -0.25) is 4.79 Å². The van der Waals surface area contributed by atoms with Gasteiger partial charge in [0.1, 0.15) is 17.7 Å². The molecule has 1 unspecified atom stereocenters. The van der Waals surface area contributed by atoms with Crippen molar-refractivity contribution in [3.05, 3.63) is 40.8 Å². The molecule has 3 N–H and O–H groups in total. The number of carbonyl (C=O) groups excluding carboxylic acids is 1. The molecule has 158 valence electrons. The maximum atomic E-state index is 13.4. The lowest BCUT2D eigenvalue weighted by atomic mass is 9.80. The Morgan fingerprint density at radius 3 is 2.93 bits per heavy atom. The van der Waals surface area contributed by atoms with Gasteiger partial charge in [0.15, 0.2) is 5.82 Å². The molecular formula is C21H25FN6O2. The number of carbonyl (C=O) groups is 1. The van der Waals surface area contributed by atoms with Gasteiger partial charge in [0.25, 0.3) is 5.91 Å². The zero-order valence-corrected chi connectivity index (χ0v) is 17.0. The number of fused-ring (bicyclic) bond motifs is 2. The highest BCUT2D eigenvalue weighted by Crippen LogP contribution is 2.35. The van der Waals surface area contributed by atoms with Gasteiger partial charge in [0, 0.05) is 31.7 Å². The number of β-amino-alcohol motifs (C(OH)–C–C–N with tert-alkyl or cyclic N) is 1. The molecule has 30 heavy (non-hydrogen) atoms. The summed E-state index contributed by atoms with van der Waals surface area (Å²) in [5.41, 5.74) is 2.94. The molecule has 1 fully saturated rings. The van der Waals surface area contributed by atoms with Gasteiger partial charge in [-0.15, -0.1) is 0 Å². The number of amides is 1. The van der Waals surface area contributed by atoms with Crippen molar-refractivity contribution >= 4 is 23.4 Å². The number of aliphatic hydroxyl groups excluding tert-OH is 1. The zero-order chi connectivity index (χ0) is 21.0. The summed E-state index contributed by atoms with van der Waals surface area (Å²) in [7, 11) is 1.90. The van der Waals surface area contributed by atoms with Crippen molar-refractivity contribution in [1.29, 1.82) is 0 Å². The molecule has 0 saturated heterocycles. The fourth-order valence-corrected chi connectivity index (χ4v) is 4.62. The highest BCUT2D eigenvalue weighted by atomic mass is 19.1. The van der Waals surface area contributed by atoms with E-state index >= 15 is 0 Å². The number of aryl methyl sites for hydroxylation is 1. The zero-order valence-electron chi connectivity index (χ0n) is 17.0. The van der Waals surface area contributed by atoms with Crippen LogP contribution >= 0.6 is 0 Å². The van der Waals surface area contributed by atoms with E-state index in [2.05, 4.69) is 20.6 Å². The van der Waals surface area contributed by atoms with Crippen LogP contribution in [-0.4, -0.2) is 58.3 Å². The second-order valence-corrected chi connectivity index (χ2v) is 8.54. The third-order valence-electron chi connectivity index (χ3n) is 6.18. The highest BCUT2D eigenvalue weighted by molar-refractivity contribution is 5.98. The first-order chi connectivity index (χ1) is 14.4. The Hall–Kier alpha value is -2.94. The summed E-state index contributed by atoms with van der Waals surface area (Å²) in [4.78, 5) is 25.4. The van der Waals surface area contributed by atoms with Crippen LogP contribution in [0.1, 0.15) is 34.5 Å². The number of likely N-dealkylation sites (N-methyl/N-ethyl adjacent to an activating group) is 1. The number of halogens is 1. The maximum absolute atomic E-state index is 13.4. The molecule has 0 bridgehead atoms. The minimum absolute atomic E-state index is 0.00669. The van der Waals surface area contributed by atoms with Crippen LogP contribution in [0.15, 0.2) is 18.2 Å². The van der Waals surface area contributed by atoms with E-state index in [1.807, 2.05) is 23.8 Å². The van der Waals surface area contributed by atoms with Gasteiger partial charge in [0.2, 0.25) is 5.95 Å². The molecule has 1 amide bonds. The fraction of sp³-hybridized carbons (Fsp3) is 0.476. The van der Waals surface area contributed by atoms with Crippen LogP contribution in [0.25, 0.3) is 0 Å². The number of anilines is 3. The third-order valence-corrected chi connectivity index (χ3v) is 6.18. The van der Waals surface area contributed by atoms with E-state index in [4.69, 9.17) is 0 Å². The lowest BCUT2D eigenvalue weighted by Gasteiger charge is -2.38. The monoisotopic (exact) mass is 412 g/mol. The van der Waals surface area contributed by atoms with E-state index in [1.165, 1.54) is 12.1 Å². The number of aromatic nitrogens is 2. The van der Waals surface area contributed by atoms with E-state index < -0.39 is 6.23 Å². The Morgan fingerprint density at radius 1 is 1.33 bits per heavy atom. The summed E-state index contributed by atoms with van der Waals surface area (Å²) in [5, 5.41) is 16.3. The van der Waals surface area contributed by atoms with Crippen LogP contribution in [0.4, 0.5) is 21.8 Å². The molecular weight excluding hydrogens is 387 g/mol. The Kier molecular flexibility index (Phi) is 4.50. The van der Waals surface area contributed by atoms with Gasteiger partial charge in [-0.2, -0.15) is 4.98 Å². The van der Waals surface area contributed by atoms with Crippen LogP contribution in [0, 0.1) is 18.7 Å². The molecule has 1 aromatic heterocycles. The minimum atomic E-state index is -0.632. The van der Waals surface area contributed by atoms with Crippen molar-refractivity contribution in [3.8, 4) is 0 Å². The molecule has 0 radical (unpaired) electrons. The van der Waals surface area contributed by atoms with Gasteiger partial charge < -0.3 is 25.5 Å². The fourth-order valence-electron chi connectivity index (χ4n) is 4.62. The SMILES string of the molecule is Cc1nc(N[C@H]2C[C@@H](CN3Cc4cc(F)ccc4C3=O)C2)nc2c1NC(O)CN2C. The molecule has 1 aromatic carbocycles. The summed E-state index contributed by atoms with van der Waals surface area (Å²) in [5.74, 6) is 1.46. The van der Waals surface area contributed by atoms with Gasteiger partial charge >= 0.3 is 0 Å². The number of nitrogens with one attached hydrogen (secondary N) is 2. The van der Waals surface area contributed by atoms with Crippen LogP contribution < -0.4 is 15.5 Å². The minimum Gasteiger partial charge on any atom is -0.372 e. The predicted octanol–water partition coefficient (Wildman–Crippen LogP) is 1.95. The topological polar surface area (TPSA) is 93.6 Å². The second kappa shape index (κ2) is 7.09. The average Bonchev–Trinajstić information content (AvgIpc) is 2.96. The van der Waals surface area contributed by atoms with Crippen molar-refractivity contribution in [2.45, 2.75) is 38.6 Å². The Morgan fingerprint density at radius 2 is 2.13 bits per heavy atom. The first-order valence-corrected chi connectivity index (χ1v) is 10.3. The van der Waals surface area contributed by atoms with Gasteiger partial charge in [-0.05, 0) is 49.4 Å². The van der Waals surface area contributed by atoms with Crippen molar-refractivity contribution in [2.24, 2.45) is 5.92 Å². The van der Waals surface area contributed by atoms with Crippen molar-refractivity contribution in [1.82, 2.24) is 14.9 Å². The number of benzene rings is 1. The van der Waals surface area contributed by atoms with E-state index in [9.17, 15) is 14.3 Å². The summed E-state index contributed by atoms with van der Waals surface area (Å²) >= 11 is 0. The summed E-state index contributed by atoms with van der Waals surface area (Å²) < 4.78 is 13.4. The predicted molar refractivity (Wildman–Crippen MR) is 111 cm³/mol. The van der Waals surface area contributed by atoms with E-state index in [-0.39, 0.29) is 17.8 Å². The largest absolute Gasteiger partial charge is 0.372 e. The molecule has 3 aliphatic rings. The standard InChI is InChI=1S/C21H25FN6O2/c1-11-18-19(27(2)10-17(29)25-18)26-21(23-11)24-15-5-12(6-15)8-28-9-13-7-14(22)3-4-16(13)20(28)30/h3-4,7,12,15,17,25,29H,5-6,8-10H2,1-2H3,(H,23,24,26)/t12-,15+,17?. The lowest BCUT2D eigenvalue weighted by molar-refractivity contribution is 0.0712. The van der Waals surface area contributed by atoms with Crippen molar-refractivity contribution in [2.75, 3.05) is 35.7 Å². The van der Waals surface area contributed by atoms with Crippen LogP contribution in [0.5, 0.6) is 0 Å². The van der Waals surface area contributed by atoms with Crippen LogP contribution in [-0.2, 0) is 6.54 Å². The lowest BCUT2D eigenvalue weighted by Crippen LogP contribution is -2.43. The number of hydrogen-bond donors (Lipinski definition) is 3. The normalized spacial score (nSPS) is 24.8. The second-order valence-electron chi connectivity index (χ2n) is 8.54. The Bertz CT molecular complexity index is 1010. The smallest absolute Gasteiger partial charge is 0.254 e. The Labute approximate surface area is 174 Å². The van der Waals surface area contributed by atoms with E-state index in [1.54, 1.807) is 6.07 Å². The molecule has 9 heteroatoms. The molecule has 8 nitrogen and oxygen atoms in total. The number of aliphatic hydroxyl groups is 1. The quantitative estimate of drug-likeness (QED) is 0.707. The Balaban J connectivity index is 1.18. The van der Waals surface area contributed by atoms with Crippen molar-refractivity contribution < 1.29 is 14.3 Å². The van der Waals surface area contributed by atoms with E-state index in [0.717, 1.165) is 35.6 Å². The molecule has 1 atom stereocenters. The molecule has 0 spiro atoms. The highest BCUT2D eigenvalue weighted by Gasteiger charge is 2.35. The van der Waals surface area contributed by atoms with Crippen molar-refractivity contribution in [3.63, 3.8) is 0 Å². The third kappa shape index (κ3) is 3.32. The molecule has 1 aliphatic carbocycles. The number of nitrogens with zero attached hydrogens (tertiary/aromatic N) is 4. The first-order valence-electron chi connectivity index (χ1n) is 10.3. The van der Waals surface area contributed by atoms with Crippen LogP contribution in [0.2, 0.25) is 0 Å². The molecule has 2 aromatic rings. The van der Waals surface area contributed by atoms with Gasteiger partial charge in [-0.1, -0.05) is 0 Å². The molecule has 2 aliphatic heterocycles. The number of hydrogen-bond acceptors (Lipinski definition) is 7. The first kappa shape index (κ1) is 19.0. The summed E-state index contributed by atoms with van der Waals surface area (Å²) in [6, 6.07) is 4.65. The van der Waals surface area contributed by atoms with E-state index in [0.29, 0.717) is 37.1 Å². The maximum Gasteiger partial charge on any atom is 0.254 e. The summed E-state index contributed by atoms with van der Waals surface area (Å²) in [6.45, 7) is 3.53. The summed E-state index contributed by atoms with van der Waals surface area (Å²) in [6.07, 6.45) is 1.23. The average molecular weight is 412 g/mol. The number of rotatable bonds is 4. The molecule has 3 heterocycles.